The molecule has 1 aromatic carbocycles. The maximum atomic E-state index is 13.1. The van der Waals surface area contributed by atoms with Crippen LogP contribution >= 0.6 is 0 Å². The van der Waals surface area contributed by atoms with Gasteiger partial charge in [-0.3, -0.25) is 0 Å². The van der Waals surface area contributed by atoms with Gasteiger partial charge in [-0.05, 0) is 18.2 Å². The highest BCUT2D eigenvalue weighted by molar-refractivity contribution is 6.58. The molecule has 1 aromatic rings. The van der Waals surface area contributed by atoms with Crippen molar-refractivity contribution in [2.75, 3.05) is 18.5 Å². The van der Waals surface area contributed by atoms with Crippen LogP contribution < -0.4 is 10.4 Å². The molecule has 0 aliphatic rings. The predicted molar refractivity (Wildman–Crippen MR) is 55.6 cm³/mol. The fraction of sp³-hybridized carbons (Fsp3) is 0.222. The number of rotatable bonds is 4. The van der Waals surface area contributed by atoms with Gasteiger partial charge >= 0.3 is 7.12 Å². The molecule has 0 unspecified atom stereocenters. The number of halogens is 1. The summed E-state index contributed by atoms with van der Waals surface area (Å²) >= 11 is 0. The number of carbonyl (C=O) groups excluding carboxylic acids is 1. The number of hydrogen-bond acceptors (Lipinski definition) is 4. The zero-order chi connectivity index (χ0) is 11.4. The second-order valence-corrected chi connectivity index (χ2v) is 3.13. The van der Waals surface area contributed by atoms with Gasteiger partial charge in [-0.1, -0.05) is 0 Å². The van der Waals surface area contributed by atoms with Crippen molar-refractivity contribution >= 4 is 24.6 Å². The summed E-state index contributed by atoms with van der Waals surface area (Å²) < 4.78 is 13.1. The van der Waals surface area contributed by atoms with Crippen molar-refractivity contribution in [3.05, 3.63) is 24.0 Å². The summed E-state index contributed by atoms with van der Waals surface area (Å²) in [5.74, 6) is -0.687. The Bertz CT molecular complexity index is 359. The number of aldehydes is 1. The molecule has 0 aromatic heterocycles. The summed E-state index contributed by atoms with van der Waals surface area (Å²) in [6.07, 6.45) is 0.707. The molecule has 0 aliphatic carbocycles. The lowest BCUT2D eigenvalue weighted by atomic mass is 9.79. The zero-order valence-electron chi connectivity index (χ0n) is 8.22. The van der Waals surface area contributed by atoms with Crippen molar-refractivity contribution < 1.29 is 19.2 Å². The first-order chi connectivity index (χ1) is 7.06. The second-order valence-electron chi connectivity index (χ2n) is 3.13. The molecule has 4 nitrogen and oxygen atoms in total. The van der Waals surface area contributed by atoms with Crippen LogP contribution in [0.25, 0.3) is 0 Å². The molecule has 0 amide bonds. The standard InChI is InChI=1S/C9H11BFNO3/c1-12(4-5-13)7-2-3-9(11)8(6-7)10(14)15/h2-3,5-6,14-15H,4H2,1H3. The van der Waals surface area contributed by atoms with E-state index < -0.39 is 12.9 Å². The Labute approximate surface area is 87.1 Å². The minimum Gasteiger partial charge on any atom is -0.423 e. The molecule has 1 rings (SSSR count). The second kappa shape index (κ2) is 4.90. The lowest BCUT2D eigenvalue weighted by Crippen LogP contribution is -2.33. The monoisotopic (exact) mass is 211 g/mol. The Kier molecular flexibility index (Phi) is 3.82. The van der Waals surface area contributed by atoms with Gasteiger partial charge < -0.3 is 19.7 Å². The minimum atomic E-state index is -1.85. The Hall–Kier alpha value is -1.40. The highest BCUT2D eigenvalue weighted by atomic mass is 19.1. The van der Waals surface area contributed by atoms with E-state index in [2.05, 4.69) is 0 Å². The highest BCUT2D eigenvalue weighted by Gasteiger charge is 2.17. The van der Waals surface area contributed by atoms with Gasteiger partial charge in [0.15, 0.2) is 0 Å². The average molecular weight is 211 g/mol. The lowest BCUT2D eigenvalue weighted by Gasteiger charge is -2.17. The molecule has 0 spiro atoms. The van der Waals surface area contributed by atoms with E-state index >= 15 is 0 Å². The van der Waals surface area contributed by atoms with Crippen LogP contribution in [0.5, 0.6) is 0 Å². The van der Waals surface area contributed by atoms with E-state index in [9.17, 15) is 9.18 Å². The molecule has 2 N–H and O–H groups in total. The molecular formula is C9H11BFNO3. The Morgan fingerprint density at radius 1 is 1.53 bits per heavy atom. The predicted octanol–water partition coefficient (Wildman–Crippen LogP) is -0.859. The minimum absolute atomic E-state index is 0.159. The third kappa shape index (κ3) is 2.77. The third-order valence-electron chi connectivity index (χ3n) is 2.05. The van der Waals surface area contributed by atoms with Crippen LogP contribution in [0.2, 0.25) is 0 Å². The summed E-state index contributed by atoms with van der Waals surface area (Å²) in [5.41, 5.74) is 0.344. The van der Waals surface area contributed by atoms with Gasteiger partial charge in [0.25, 0.3) is 0 Å². The number of benzene rings is 1. The summed E-state index contributed by atoms with van der Waals surface area (Å²) in [5, 5.41) is 17.7. The maximum Gasteiger partial charge on any atom is 0.491 e. The maximum absolute atomic E-state index is 13.1. The first kappa shape index (κ1) is 11.7. The summed E-state index contributed by atoms with van der Waals surface area (Å²) in [6, 6.07) is 3.89. The molecule has 0 fully saturated rings. The molecule has 0 heterocycles. The topological polar surface area (TPSA) is 60.8 Å². The van der Waals surface area contributed by atoms with Crippen molar-refractivity contribution in [1.29, 1.82) is 0 Å². The normalized spacial score (nSPS) is 9.87. The van der Waals surface area contributed by atoms with Gasteiger partial charge in [0.1, 0.15) is 12.1 Å². The number of nitrogens with zero attached hydrogens (tertiary/aromatic N) is 1. The van der Waals surface area contributed by atoms with Gasteiger partial charge in [0, 0.05) is 18.2 Å². The van der Waals surface area contributed by atoms with Crippen molar-refractivity contribution in [2.24, 2.45) is 0 Å². The van der Waals surface area contributed by atoms with Crippen LogP contribution in [-0.4, -0.2) is 37.0 Å². The van der Waals surface area contributed by atoms with E-state index in [1.165, 1.54) is 12.1 Å². The van der Waals surface area contributed by atoms with Crippen LogP contribution in [0.3, 0.4) is 0 Å². The molecule has 80 valence electrons. The Balaban J connectivity index is 3.01. The van der Waals surface area contributed by atoms with Gasteiger partial charge in [0.05, 0.1) is 6.54 Å². The van der Waals surface area contributed by atoms with Crippen LogP contribution in [0, 0.1) is 5.82 Å². The Morgan fingerprint density at radius 3 is 2.73 bits per heavy atom. The van der Waals surface area contributed by atoms with Crippen molar-refractivity contribution in [3.63, 3.8) is 0 Å². The molecule has 0 atom stereocenters. The largest absolute Gasteiger partial charge is 0.491 e. The van der Waals surface area contributed by atoms with Crippen molar-refractivity contribution in [1.82, 2.24) is 0 Å². The van der Waals surface area contributed by atoms with Gasteiger partial charge in [-0.25, -0.2) is 4.39 Å². The van der Waals surface area contributed by atoms with E-state index in [0.29, 0.717) is 12.0 Å². The van der Waals surface area contributed by atoms with E-state index in [4.69, 9.17) is 10.0 Å². The quantitative estimate of drug-likeness (QED) is 0.502. The molecule has 0 saturated heterocycles. The Morgan fingerprint density at radius 2 is 2.20 bits per heavy atom. The summed E-state index contributed by atoms with van der Waals surface area (Å²) in [6.45, 7) is 0.159. The van der Waals surface area contributed by atoms with Gasteiger partial charge in [-0.2, -0.15) is 0 Å². The number of likely N-dealkylation sites (N-methyl/N-ethyl adjacent to an activating group) is 1. The van der Waals surface area contributed by atoms with Gasteiger partial charge in [0.2, 0.25) is 0 Å². The van der Waals surface area contributed by atoms with E-state index in [-0.39, 0.29) is 12.0 Å². The first-order valence-electron chi connectivity index (χ1n) is 4.36. The highest BCUT2D eigenvalue weighted by Crippen LogP contribution is 2.11. The zero-order valence-corrected chi connectivity index (χ0v) is 8.22. The fourth-order valence-electron chi connectivity index (χ4n) is 1.18. The van der Waals surface area contributed by atoms with Crippen LogP contribution in [-0.2, 0) is 4.79 Å². The molecule has 0 aliphatic heterocycles. The molecule has 0 saturated carbocycles. The molecule has 0 bridgehead atoms. The summed E-state index contributed by atoms with van der Waals surface area (Å²) in [4.78, 5) is 11.8. The number of anilines is 1. The molecular weight excluding hydrogens is 200 g/mol. The smallest absolute Gasteiger partial charge is 0.423 e. The summed E-state index contributed by atoms with van der Waals surface area (Å²) in [7, 11) is -0.204. The van der Waals surface area contributed by atoms with Crippen LogP contribution in [0.4, 0.5) is 10.1 Å². The fourth-order valence-corrected chi connectivity index (χ4v) is 1.18. The van der Waals surface area contributed by atoms with E-state index in [1.807, 2.05) is 0 Å². The van der Waals surface area contributed by atoms with Crippen molar-refractivity contribution in [3.8, 4) is 0 Å². The molecule has 15 heavy (non-hydrogen) atoms. The van der Waals surface area contributed by atoms with E-state index in [0.717, 1.165) is 6.07 Å². The molecule has 6 heteroatoms. The average Bonchev–Trinajstić information content (AvgIpc) is 2.18. The van der Waals surface area contributed by atoms with E-state index in [1.54, 1.807) is 11.9 Å². The SMILES string of the molecule is CN(CC=O)c1ccc(F)c(B(O)O)c1. The van der Waals surface area contributed by atoms with Crippen LogP contribution in [0.1, 0.15) is 0 Å². The third-order valence-corrected chi connectivity index (χ3v) is 2.05. The number of carbonyl (C=O) groups is 1. The first-order valence-corrected chi connectivity index (χ1v) is 4.36. The van der Waals surface area contributed by atoms with Crippen LogP contribution in [0.15, 0.2) is 18.2 Å². The van der Waals surface area contributed by atoms with Crippen molar-refractivity contribution in [2.45, 2.75) is 0 Å². The molecule has 0 radical (unpaired) electrons. The van der Waals surface area contributed by atoms with Gasteiger partial charge in [-0.15, -0.1) is 0 Å². The number of hydrogen-bond donors (Lipinski definition) is 2. The lowest BCUT2D eigenvalue weighted by molar-refractivity contribution is -0.106.